The van der Waals surface area contributed by atoms with Gasteiger partial charge in [-0.3, -0.25) is 4.90 Å². The maximum Gasteiger partial charge on any atom is 0.0171 e. The molecule has 80 valence electrons. The fourth-order valence-electron chi connectivity index (χ4n) is 3.02. The fourth-order valence-corrected chi connectivity index (χ4v) is 3.02. The second-order valence-electron chi connectivity index (χ2n) is 5.73. The lowest BCUT2D eigenvalue weighted by atomic mass is 9.90. The number of hydrogen-bond donors (Lipinski definition) is 1. The molecule has 2 N–H and O–H groups in total. The van der Waals surface area contributed by atoms with Gasteiger partial charge in [-0.25, -0.2) is 0 Å². The largest absolute Gasteiger partial charge is 0.327 e. The minimum absolute atomic E-state index is 0.466. The second-order valence-corrected chi connectivity index (χ2v) is 5.73. The molecule has 1 saturated heterocycles. The zero-order valence-corrected chi connectivity index (χ0v) is 8.99. The van der Waals surface area contributed by atoms with Crippen molar-refractivity contribution in [2.45, 2.75) is 50.6 Å². The van der Waals surface area contributed by atoms with Gasteiger partial charge in [0.25, 0.3) is 0 Å². The van der Waals surface area contributed by atoms with E-state index in [0.717, 1.165) is 17.9 Å². The molecule has 2 nitrogen and oxygen atoms in total. The monoisotopic (exact) mass is 194 g/mol. The molecule has 2 aliphatic carbocycles. The third-order valence-corrected chi connectivity index (χ3v) is 4.02. The van der Waals surface area contributed by atoms with Gasteiger partial charge in [0.1, 0.15) is 0 Å². The van der Waals surface area contributed by atoms with Crippen molar-refractivity contribution in [3.8, 4) is 0 Å². The Kier molecular flexibility index (Phi) is 2.29. The van der Waals surface area contributed by atoms with Gasteiger partial charge >= 0.3 is 0 Å². The molecule has 2 saturated carbocycles. The number of nitrogens with zero attached hydrogens (tertiary/aromatic N) is 1. The molecular formula is C12H22N2. The summed E-state index contributed by atoms with van der Waals surface area (Å²) in [7, 11) is 0. The SMILES string of the molecule is NC1CC(CC2CC2)CN(C2CC2)C1. The van der Waals surface area contributed by atoms with Gasteiger partial charge in [-0.05, 0) is 37.5 Å². The summed E-state index contributed by atoms with van der Waals surface area (Å²) < 4.78 is 0. The van der Waals surface area contributed by atoms with E-state index in [0.29, 0.717) is 6.04 Å². The van der Waals surface area contributed by atoms with Crippen LogP contribution in [0.5, 0.6) is 0 Å². The molecule has 0 radical (unpaired) electrons. The van der Waals surface area contributed by atoms with Gasteiger partial charge in [0.15, 0.2) is 0 Å². The van der Waals surface area contributed by atoms with Crippen LogP contribution in [0, 0.1) is 11.8 Å². The summed E-state index contributed by atoms with van der Waals surface area (Å²) in [6.07, 6.45) is 8.62. The molecule has 0 amide bonds. The smallest absolute Gasteiger partial charge is 0.0171 e. The van der Waals surface area contributed by atoms with Crippen molar-refractivity contribution < 1.29 is 0 Å². The molecule has 3 fully saturated rings. The lowest BCUT2D eigenvalue weighted by Crippen LogP contribution is -2.47. The van der Waals surface area contributed by atoms with Crippen molar-refractivity contribution in [3.05, 3.63) is 0 Å². The van der Waals surface area contributed by atoms with Crippen LogP contribution in [0.2, 0.25) is 0 Å². The molecule has 0 spiro atoms. The first-order valence-corrected chi connectivity index (χ1v) is 6.31. The average Bonchev–Trinajstić information content (AvgIpc) is 2.99. The van der Waals surface area contributed by atoms with Gasteiger partial charge in [-0.1, -0.05) is 12.8 Å². The Morgan fingerprint density at radius 2 is 1.79 bits per heavy atom. The standard InChI is InChI=1S/C12H22N2/c13-11-6-10(5-9-1-2-9)7-14(8-11)12-3-4-12/h9-12H,1-8,13H2. The number of hydrogen-bond acceptors (Lipinski definition) is 2. The summed E-state index contributed by atoms with van der Waals surface area (Å²) in [5.41, 5.74) is 6.14. The summed E-state index contributed by atoms with van der Waals surface area (Å²) >= 11 is 0. The first-order valence-electron chi connectivity index (χ1n) is 6.31. The minimum Gasteiger partial charge on any atom is -0.327 e. The van der Waals surface area contributed by atoms with Gasteiger partial charge in [0.2, 0.25) is 0 Å². The molecule has 2 atom stereocenters. The zero-order valence-electron chi connectivity index (χ0n) is 8.99. The molecule has 3 rings (SSSR count). The van der Waals surface area contributed by atoms with Crippen LogP contribution in [0.3, 0.4) is 0 Å². The number of nitrogens with two attached hydrogens (primary N) is 1. The van der Waals surface area contributed by atoms with Crippen molar-refractivity contribution in [1.82, 2.24) is 4.90 Å². The highest BCUT2D eigenvalue weighted by atomic mass is 15.2. The summed E-state index contributed by atoms with van der Waals surface area (Å²) in [5.74, 6) is 2.00. The first-order chi connectivity index (χ1) is 6.81. The third kappa shape index (κ3) is 2.12. The topological polar surface area (TPSA) is 29.3 Å². The lowest BCUT2D eigenvalue weighted by Gasteiger charge is -2.36. The van der Waals surface area contributed by atoms with Crippen molar-refractivity contribution in [1.29, 1.82) is 0 Å². The second kappa shape index (κ2) is 3.49. The Balaban J connectivity index is 1.55. The summed E-state index contributed by atoms with van der Waals surface area (Å²) in [4.78, 5) is 2.67. The molecule has 0 aromatic carbocycles. The van der Waals surface area contributed by atoms with E-state index in [1.165, 1.54) is 51.6 Å². The Morgan fingerprint density at radius 3 is 2.43 bits per heavy atom. The van der Waals surface area contributed by atoms with Crippen LogP contribution >= 0.6 is 0 Å². The maximum atomic E-state index is 6.14. The molecule has 0 aromatic rings. The van der Waals surface area contributed by atoms with Crippen LogP contribution in [0.1, 0.15) is 38.5 Å². The van der Waals surface area contributed by atoms with Crippen LogP contribution in [0.25, 0.3) is 0 Å². The maximum absolute atomic E-state index is 6.14. The summed E-state index contributed by atoms with van der Waals surface area (Å²) in [5, 5.41) is 0. The van der Waals surface area contributed by atoms with Crippen molar-refractivity contribution >= 4 is 0 Å². The molecule has 2 unspecified atom stereocenters. The average molecular weight is 194 g/mol. The highest BCUT2D eigenvalue weighted by Gasteiger charge is 2.36. The molecular weight excluding hydrogens is 172 g/mol. The Bertz CT molecular complexity index is 206. The third-order valence-electron chi connectivity index (χ3n) is 4.02. The number of piperidine rings is 1. The van der Waals surface area contributed by atoms with E-state index in [1.54, 1.807) is 0 Å². The van der Waals surface area contributed by atoms with Gasteiger partial charge < -0.3 is 5.73 Å². The van der Waals surface area contributed by atoms with E-state index in [9.17, 15) is 0 Å². The summed E-state index contributed by atoms with van der Waals surface area (Å²) in [6.45, 7) is 2.53. The van der Waals surface area contributed by atoms with Crippen LogP contribution in [-0.4, -0.2) is 30.1 Å². The van der Waals surface area contributed by atoms with E-state index in [4.69, 9.17) is 5.73 Å². The molecule has 2 heteroatoms. The first kappa shape index (κ1) is 9.17. The van der Waals surface area contributed by atoms with Gasteiger partial charge in [0.05, 0.1) is 0 Å². The van der Waals surface area contributed by atoms with Crippen LogP contribution in [-0.2, 0) is 0 Å². The quantitative estimate of drug-likeness (QED) is 0.739. The Labute approximate surface area is 86.8 Å². The molecule has 1 heterocycles. The summed E-state index contributed by atoms with van der Waals surface area (Å²) in [6, 6.07) is 1.39. The van der Waals surface area contributed by atoms with Gasteiger partial charge in [-0.2, -0.15) is 0 Å². The van der Waals surface area contributed by atoms with E-state index < -0.39 is 0 Å². The van der Waals surface area contributed by atoms with E-state index in [1.807, 2.05) is 0 Å². The highest BCUT2D eigenvalue weighted by Crippen LogP contribution is 2.39. The van der Waals surface area contributed by atoms with Crippen LogP contribution in [0.4, 0.5) is 0 Å². The highest BCUT2D eigenvalue weighted by molar-refractivity contribution is 4.92. The van der Waals surface area contributed by atoms with E-state index in [2.05, 4.69) is 4.90 Å². The van der Waals surface area contributed by atoms with Crippen molar-refractivity contribution in [2.75, 3.05) is 13.1 Å². The van der Waals surface area contributed by atoms with E-state index in [-0.39, 0.29) is 0 Å². The van der Waals surface area contributed by atoms with Crippen LogP contribution < -0.4 is 5.73 Å². The molecule has 0 bridgehead atoms. The Morgan fingerprint density at radius 1 is 1.00 bits per heavy atom. The zero-order chi connectivity index (χ0) is 9.54. The predicted octanol–water partition coefficient (Wildman–Crippen LogP) is 1.60. The lowest BCUT2D eigenvalue weighted by molar-refractivity contribution is 0.140. The van der Waals surface area contributed by atoms with Crippen molar-refractivity contribution in [2.24, 2.45) is 17.6 Å². The molecule has 14 heavy (non-hydrogen) atoms. The minimum atomic E-state index is 0.466. The fraction of sp³-hybridized carbons (Fsp3) is 1.00. The number of likely N-dealkylation sites (tertiary alicyclic amines) is 1. The molecule has 1 aliphatic heterocycles. The van der Waals surface area contributed by atoms with Crippen molar-refractivity contribution in [3.63, 3.8) is 0 Å². The van der Waals surface area contributed by atoms with Crippen LogP contribution in [0.15, 0.2) is 0 Å². The van der Waals surface area contributed by atoms with Gasteiger partial charge in [-0.15, -0.1) is 0 Å². The van der Waals surface area contributed by atoms with E-state index >= 15 is 0 Å². The normalized spacial score (nSPS) is 40.1. The van der Waals surface area contributed by atoms with Gasteiger partial charge in [0, 0.05) is 25.2 Å². The Hall–Kier alpha value is -0.0800. The number of rotatable bonds is 3. The predicted molar refractivity (Wildman–Crippen MR) is 58.0 cm³/mol. The molecule has 0 aromatic heterocycles. The molecule has 3 aliphatic rings.